The minimum absolute atomic E-state index is 0.0699. The van der Waals surface area contributed by atoms with Crippen molar-refractivity contribution in [3.05, 3.63) is 101 Å². The summed E-state index contributed by atoms with van der Waals surface area (Å²) < 4.78 is 5.19. The lowest BCUT2D eigenvalue weighted by atomic mass is 9.72. The lowest BCUT2D eigenvalue weighted by Gasteiger charge is -2.33. The fraction of sp³-hybridized carbons (Fsp3) is 0.241. The molecule has 1 amide bonds. The minimum atomic E-state index is -0.581. The van der Waals surface area contributed by atoms with Crippen molar-refractivity contribution in [2.45, 2.75) is 31.3 Å². The largest absolute Gasteiger partial charge is 0.464 e. The van der Waals surface area contributed by atoms with Gasteiger partial charge in [0.15, 0.2) is 0 Å². The van der Waals surface area contributed by atoms with Crippen LogP contribution in [0.3, 0.4) is 0 Å². The van der Waals surface area contributed by atoms with Gasteiger partial charge in [0.05, 0.1) is 18.9 Å². The third kappa shape index (κ3) is 3.16. The molecular weight excluding hydrogens is 438 g/mol. The molecule has 0 radical (unpaired) electrons. The number of hydrogen-bond acceptors (Lipinski definition) is 4. The lowest BCUT2D eigenvalue weighted by Crippen LogP contribution is -2.47. The average molecular weight is 466 g/mol. The predicted molar refractivity (Wildman–Crippen MR) is 135 cm³/mol. The zero-order valence-electron chi connectivity index (χ0n) is 19.8. The molecule has 1 saturated heterocycles. The van der Waals surface area contributed by atoms with Crippen LogP contribution in [-0.4, -0.2) is 41.6 Å². The summed E-state index contributed by atoms with van der Waals surface area (Å²) in [6, 6.07) is 24.2. The summed E-state index contributed by atoms with van der Waals surface area (Å²) in [6.45, 7) is 2.64. The van der Waals surface area contributed by atoms with E-state index in [0.29, 0.717) is 25.1 Å². The summed E-state index contributed by atoms with van der Waals surface area (Å²) >= 11 is 0. The third-order valence-electron chi connectivity index (χ3n) is 7.56. The van der Waals surface area contributed by atoms with E-state index >= 15 is 0 Å². The molecule has 1 fully saturated rings. The van der Waals surface area contributed by atoms with E-state index in [1.54, 1.807) is 0 Å². The molecule has 6 rings (SSSR count). The normalized spacial score (nSPS) is 20.4. The van der Waals surface area contributed by atoms with Crippen molar-refractivity contribution in [1.82, 2.24) is 9.88 Å². The van der Waals surface area contributed by atoms with Crippen LogP contribution in [0.2, 0.25) is 0 Å². The number of aromatic amines is 1. The van der Waals surface area contributed by atoms with Crippen LogP contribution in [0.5, 0.6) is 0 Å². The number of nitrogens with zero attached hydrogens (tertiary/aromatic N) is 1. The van der Waals surface area contributed by atoms with Gasteiger partial charge < -0.3 is 19.9 Å². The third-order valence-corrected chi connectivity index (χ3v) is 7.56. The highest BCUT2D eigenvalue weighted by Crippen LogP contribution is 2.55. The highest BCUT2D eigenvalue weighted by Gasteiger charge is 2.58. The smallest absolute Gasteiger partial charge is 0.354 e. The first-order valence-electron chi connectivity index (χ1n) is 11.9. The molecule has 6 heteroatoms. The second kappa shape index (κ2) is 8.01. The van der Waals surface area contributed by atoms with Gasteiger partial charge in [-0.1, -0.05) is 66.2 Å². The molecule has 0 unspecified atom stereocenters. The molecule has 0 aliphatic carbocycles. The first-order valence-corrected chi connectivity index (χ1v) is 11.9. The van der Waals surface area contributed by atoms with Crippen LogP contribution in [0.25, 0.3) is 10.9 Å². The number of carbonyl (C=O) groups excluding carboxylic acids is 2. The topological polar surface area (TPSA) is 74.4 Å². The highest BCUT2D eigenvalue weighted by molar-refractivity contribution is 6.00. The molecule has 3 heterocycles. The standard InChI is InChI=1S/C29H27N3O3/c1-18-11-13-19(14-12-18)17-24(33)32-16-15-29(21-8-4-6-10-23(21)31-28(29)32)25-20-7-3-5-9-22(20)30-26(25)27(34)35-2/h3-14,28,30-31H,15-17H2,1-2H3/t28-,29-/m1/s1. The average Bonchev–Trinajstić information content (AvgIpc) is 3.53. The maximum atomic E-state index is 13.6. The van der Waals surface area contributed by atoms with Crippen LogP contribution < -0.4 is 5.32 Å². The summed E-state index contributed by atoms with van der Waals surface area (Å²) in [7, 11) is 1.40. The number of fused-ring (bicyclic) bond motifs is 4. The Labute approximate surface area is 203 Å². The molecule has 0 spiro atoms. The van der Waals surface area contributed by atoms with Crippen LogP contribution in [0.15, 0.2) is 72.8 Å². The number of methoxy groups -OCH3 is 1. The summed E-state index contributed by atoms with van der Waals surface area (Å²) in [5, 5.41) is 4.62. The van der Waals surface area contributed by atoms with Gasteiger partial charge in [-0.15, -0.1) is 0 Å². The number of nitrogens with one attached hydrogen (secondary N) is 2. The van der Waals surface area contributed by atoms with Gasteiger partial charge in [0, 0.05) is 28.7 Å². The van der Waals surface area contributed by atoms with Crippen LogP contribution in [-0.2, 0) is 21.4 Å². The molecule has 0 bridgehead atoms. The number of rotatable bonds is 4. The van der Waals surface area contributed by atoms with Gasteiger partial charge in [0.2, 0.25) is 5.91 Å². The maximum absolute atomic E-state index is 13.6. The van der Waals surface area contributed by atoms with Crippen LogP contribution in [0.1, 0.15) is 39.2 Å². The molecule has 2 aliphatic heterocycles. The Morgan fingerprint density at radius 2 is 1.77 bits per heavy atom. The van der Waals surface area contributed by atoms with Gasteiger partial charge in [-0.25, -0.2) is 4.79 Å². The Morgan fingerprint density at radius 3 is 2.57 bits per heavy atom. The second-order valence-corrected chi connectivity index (χ2v) is 9.48. The van der Waals surface area contributed by atoms with Crippen molar-refractivity contribution in [2.75, 3.05) is 19.0 Å². The molecule has 0 saturated carbocycles. The summed E-state index contributed by atoms with van der Waals surface area (Å²) in [6.07, 6.45) is 0.732. The molecule has 2 aliphatic rings. The number of aryl methyl sites for hydroxylation is 1. The summed E-state index contributed by atoms with van der Waals surface area (Å²) in [5.41, 5.74) is 5.91. The minimum Gasteiger partial charge on any atom is -0.464 e. The molecule has 3 aromatic carbocycles. The van der Waals surface area contributed by atoms with Crippen LogP contribution >= 0.6 is 0 Å². The molecule has 2 atom stereocenters. The molecule has 1 aromatic heterocycles. The number of esters is 1. The number of carbonyl (C=O) groups is 2. The molecular formula is C29H27N3O3. The lowest BCUT2D eigenvalue weighted by molar-refractivity contribution is -0.131. The van der Waals surface area contributed by atoms with E-state index in [0.717, 1.165) is 33.3 Å². The number of para-hydroxylation sites is 2. The van der Waals surface area contributed by atoms with Gasteiger partial charge in [0.25, 0.3) is 0 Å². The maximum Gasteiger partial charge on any atom is 0.354 e. The number of likely N-dealkylation sites (tertiary alicyclic amines) is 1. The van der Waals surface area contributed by atoms with E-state index in [4.69, 9.17) is 4.74 Å². The first-order chi connectivity index (χ1) is 17.0. The van der Waals surface area contributed by atoms with E-state index in [-0.39, 0.29) is 12.1 Å². The van der Waals surface area contributed by atoms with Gasteiger partial charge >= 0.3 is 5.97 Å². The summed E-state index contributed by atoms with van der Waals surface area (Å²) in [5.74, 6) is -0.335. The zero-order chi connectivity index (χ0) is 24.2. The Bertz CT molecular complexity index is 1460. The van der Waals surface area contributed by atoms with Gasteiger partial charge in [-0.2, -0.15) is 0 Å². The number of ether oxygens (including phenoxy) is 1. The molecule has 6 nitrogen and oxygen atoms in total. The van der Waals surface area contributed by atoms with Crippen molar-refractivity contribution in [3.63, 3.8) is 0 Å². The van der Waals surface area contributed by atoms with E-state index in [9.17, 15) is 9.59 Å². The highest BCUT2D eigenvalue weighted by atomic mass is 16.5. The second-order valence-electron chi connectivity index (χ2n) is 9.48. The van der Waals surface area contributed by atoms with Crippen molar-refractivity contribution in [3.8, 4) is 0 Å². The van der Waals surface area contributed by atoms with E-state index in [2.05, 4.69) is 16.4 Å². The van der Waals surface area contributed by atoms with Crippen LogP contribution in [0, 0.1) is 6.92 Å². The number of H-pyrrole nitrogens is 1. The predicted octanol–water partition coefficient (Wildman–Crippen LogP) is 4.78. The number of amides is 1. The summed E-state index contributed by atoms with van der Waals surface area (Å²) in [4.78, 5) is 31.9. The number of aromatic nitrogens is 1. The van der Waals surface area contributed by atoms with Crippen molar-refractivity contribution in [2.24, 2.45) is 0 Å². The van der Waals surface area contributed by atoms with E-state index in [1.807, 2.05) is 78.6 Å². The Kier molecular flexibility index (Phi) is 4.92. The molecule has 2 N–H and O–H groups in total. The number of benzene rings is 3. The van der Waals surface area contributed by atoms with Crippen molar-refractivity contribution in [1.29, 1.82) is 0 Å². The van der Waals surface area contributed by atoms with Gasteiger partial charge in [-0.3, -0.25) is 4.79 Å². The van der Waals surface area contributed by atoms with Crippen molar-refractivity contribution >= 4 is 28.5 Å². The Balaban J connectivity index is 1.50. The Morgan fingerprint density at radius 1 is 1.03 bits per heavy atom. The molecule has 35 heavy (non-hydrogen) atoms. The number of anilines is 1. The number of hydrogen-bond donors (Lipinski definition) is 2. The Hall–Kier alpha value is -4.06. The van der Waals surface area contributed by atoms with Gasteiger partial charge in [0.1, 0.15) is 11.9 Å². The quantitative estimate of drug-likeness (QED) is 0.426. The fourth-order valence-electron chi connectivity index (χ4n) is 5.96. The van der Waals surface area contributed by atoms with Gasteiger partial charge in [-0.05, 0) is 36.6 Å². The fourth-order valence-corrected chi connectivity index (χ4v) is 5.96. The van der Waals surface area contributed by atoms with Crippen molar-refractivity contribution < 1.29 is 14.3 Å². The molecule has 176 valence electrons. The van der Waals surface area contributed by atoms with Crippen LogP contribution in [0.4, 0.5) is 5.69 Å². The zero-order valence-corrected chi connectivity index (χ0v) is 19.8. The molecule has 4 aromatic rings. The monoisotopic (exact) mass is 465 g/mol. The van der Waals surface area contributed by atoms with E-state index < -0.39 is 11.4 Å². The SMILES string of the molecule is COC(=O)c1[nH]c2ccccc2c1[C@]12CCN(C(=O)Cc3ccc(C)cc3)[C@H]1Nc1ccccc12. The first kappa shape index (κ1) is 21.5. The van der Waals surface area contributed by atoms with E-state index in [1.165, 1.54) is 12.7 Å².